The molecule has 36 heavy (non-hydrogen) atoms. The average Bonchev–Trinajstić information content (AvgIpc) is 3.66. The van der Waals surface area contributed by atoms with Gasteiger partial charge in [0.25, 0.3) is 0 Å². The second-order valence-corrected chi connectivity index (χ2v) is 14.0. The molecule has 3 aliphatic heterocycles. The number of sulfonamides is 1. The van der Waals surface area contributed by atoms with E-state index in [-0.39, 0.29) is 22.8 Å². The summed E-state index contributed by atoms with van der Waals surface area (Å²) in [6, 6.07) is 3.77. The van der Waals surface area contributed by atoms with Crippen molar-refractivity contribution in [1.82, 2.24) is 19.4 Å². The lowest BCUT2D eigenvalue weighted by Crippen LogP contribution is -2.52. The fourth-order valence-electron chi connectivity index (χ4n) is 5.52. The van der Waals surface area contributed by atoms with E-state index in [0.717, 1.165) is 37.4 Å². The number of rotatable bonds is 8. The summed E-state index contributed by atoms with van der Waals surface area (Å²) >= 11 is 8.68. The highest BCUT2D eigenvalue weighted by atomic mass is 35.5. The van der Waals surface area contributed by atoms with Crippen molar-refractivity contribution in [3.05, 3.63) is 27.9 Å². The lowest BCUT2D eigenvalue weighted by atomic mass is 10.2. The maximum atomic E-state index is 13.4. The van der Waals surface area contributed by atoms with Gasteiger partial charge in [-0.3, -0.25) is 9.59 Å². The van der Waals surface area contributed by atoms with E-state index in [9.17, 15) is 18.0 Å². The topological polar surface area (TPSA) is 90.0 Å². The molecule has 2 aromatic heterocycles. The summed E-state index contributed by atoms with van der Waals surface area (Å²) in [6.45, 7) is 5.90. The zero-order chi connectivity index (χ0) is 25.4. The molecule has 0 bridgehead atoms. The van der Waals surface area contributed by atoms with Gasteiger partial charge in [-0.25, -0.2) is 8.42 Å². The molecule has 5 rings (SSSR count). The first-order chi connectivity index (χ1) is 17.2. The Morgan fingerprint density at radius 2 is 1.92 bits per heavy atom. The smallest absolute Gasteiger partial charge is 0.245 e. The Morgan fingerprint density at radius 3 is 2.64 bits per heavy atom. The Bertz CT molecular complexity index is 1220. The number of carbonyl (C=O) groups excluding carboxylic acids is 2. The Balaban J connectivity index is 1.24. The molecule has 3 aliphatic rings. The van der Waals surface area contributed by atoms with Gasteiger partial charge in [0, 0.05) is 30.6 Å². The molecule has 5 heterocycles. The number of carbonyl (C=O) groups is 2. The molecule has 0 saturated carbocycles. The van der Waals surface area contributed by atoms with E-state index in [2.05, 4.69) is 9.62 Å². The number of halogens is 1. The molecule has 12 heteroatoms. The number of nitrogens with one attached hydrogen (secondary N) is 1. The quantitative estimate of drug-likeness (QED) is 0.525. The minimum atomic E-state index is -3.93. The Hall–Kier alpha value is -1.50. The van der Waals surface area contributed by atoms with Gasteiger partial charge in [0.2, 0.25) is 21.8 Å². The van der Waals surface area contributed by atoms with Gasteiger partial charge in [-0.1, -0.05) is 11.6 Å². The average molecular weight is 571 g/mol. The summed E-state index contributed by atoms with van der Waals surface area (Å²) in [5.74, 6) is -0.381. The molecule has 0 spiro atoms. The van der Waals surface area contributed by atoms with Crippen molar-refractivity contribution in [3.63, 3.8) is 0 Å². The van der Waals surface area contributed by atoms with E-state index in [1.807, 2.05) is 4.90 Å². The van der Waals surface area contributed by atoms with Crippen LogP contribution < -0.4 is 4.72 Å². The standard InChI is InChI=1S/C24H31ClN4O4S3/c1-16(23(30)29-12-4-5-17(29)15-27-10-2-3-11-27)28-13-8-18(24(28)31)26-36(32,33)20-9-14-34-22(20)19-6-7-21(25)35-19/h6-7,9,14,16-18,26H,2-5,8,10-13,15H2,1H3/t16?,17-,18-/m0/s1. The van der Waals surface area contributed by atoms with E-state index in [4.69, 9.17) is 11.6 Å². The maximum Gasteiger partial charge on any atom is 0.245 e. The van der Waals surface area contributed by atoms with Crippen LogP contribution >= 0.6 is 34.3 Å². The molecule has 1 N–H and O–H groups in total. The van der Waals surface area contributed by atoms with Crippen LogP contribution in [0.15, 0.2) is 28.5 Å². The highest BCUT2D eigenvalue weighted by Crippen LogP contribution is 2.38. The molecular formula is C24H31ClN4O4S3. The van der Waals surface area contributed by atoms with Crippen molar-refractivity contribution >= 4 is 56.1 Å². The third-order valence-corrected chi connectivity index (χ3v) is 11.4. The first-order valence-corrected chi connectivity index (χ1v) is 16.0. The van der Waals surface area contributed by atoms with E-state index in [1.165, 1.54) is 40.4 Å². The van der Waals surface area contributed by atoms with Crippen LogP contribution in [-0.4, -0.2) is 85.8 Å². The highest BCUT2D eigenvalue weighted by Gasteiger charge is 2.42. The first-order valence-electron chi connectivity index (χ1n) is 12.4. The second-order valence-electron chi connectivity index (χ2n) is 9.72. The molecule has 3 fully saturated rings. The second kappa shape index (κ2) is 10.7. The van der Waals surface area contributed by atoms with Gasteiger partial charge in [0.1, 0.15) is 17.0 Å². The van der Waals surface area contributed by atoms with Crippen LogP contribution in [0.25, 0.3) is 9.75 Å². The van der Waals surface area contributed by atoms with Gasteiger partial charge in [-0.2, -0.15) is 4.72 Å². The molecule has 2 aromatic rings. The van der Waals surface area contributed by atoms with Gasteiger partial charge in [0.05, 0.1) is 9.21 Å². The maximum absolute atomic E-state index is 13.4. The van der Waals surface area contributed by atoms with Gasteiger partial charge in [-0.15, -0.1) is 22.7 Å². The van der Waals surface area contributed by atoms with Gasteiger partial charge >= 0.3 is 0 Å². The fraction of sp³-hybridized carbons (Fsp3) is 0.583. The molecule has 1 unspecified atom stereocenters. The molecule has 0 radical (unpaired) electrons. The number of thiophene rings is 2. The summed E-state index contributed by atoms with van der Waals surface area (Å²) in [7, 11) is -3.93. The summed E-state index contributed by atoms with van der Waals surface area (Å²) in [5, 5.41) is 1.72. The van der Waals surface area contributed by atoms with Crippen LogP contribution in [0.2, 0.25) is 4.34 Å². The van der Waals surface area contributed by atoms with Crippen LogP contribution in [0.3, 0.4) is 0 Å². The van der Waals surface area contributed by atoms with Crippen LogP contribution in [0, 0.1) is 0 Å². The van der Waals surface area contributed by atoms with Crippen molar-refractivity contribution < 1.29 is 18.0 Å². The zero-order valence-electron chi connectivity index (χ0n) is 20.2. The summed E-state index contributed by atoms with van der Waals surface area (Å²) in [6.07, 6.45) is 4.72. The minimum absolute atomic E-state index is 0.0387. The summed E-state index contributed by atoms with van der Waals surface area (Å²) in [5.41, 5.74) is 0. The molecule has 0 aromatic carbocycles. The van der Waals surface area contributed by atoms with E-state index in [1.54, 1.807) is 30.5 Å². The molecule has 2 amide bonds. The van der Waals surface area contributed by atoms with E-state index < -0.39 is 22.1 Å². The number of likely N-dealkylation sites (tertiary alicyclic amines) is 3. The van der Waals surface area contributed by atoms with E-state index in [0.29, 0.717) is 28.7 Å². The molecule has 196 valence electrons. The van der Waals surface area contributed by atoms with Crippen molar-refractivity contribution in [2.24, 2.45) is 0 Å². The van der Waals surface area contributed by atoms with Crippen LogP contribution in [0.4, 0.5) is 0 Å². The predicted molar refractivity (Wildman–Crippen MR) is 143 cm³/mol. The van der Waals surface area contributed by atoms with Crippen LogP contribution in [0.1, 0.15) is 39.0 Å². The molecule has 3 saturated heterocycles. The third kappa shape index (κ3) is 5.23. The molecule has 3 atom stereocenters. The van der Waals surface area contributed by atoms with Gasteiger partial charge in [0.15, 0.2) is 0 Å². The van der Waals surface area contributed by atoms with Gasteiger partial charge < -0.3 is 14.7 Å². The fourth-order valence-corrected chi connectivity index (χ4v) is 9.44. The third-order valence-electron chi connectivity index (χ3n) is 7.41. The number of nitrogens with zero attached hydrogens (tertiary/aromatic N) is 3. The lowest BCUT2D eigenvalue weighted by molar-refractivity contribution is -0.144. The molecule has 0 aliphatic carbocycles. The largest absolute Gasteiger partial charge is 0.337 e. The minimum Gasteiger partial charge on any atom is -0.337 e. The van der Waals surface area contributed by atoms with Crippen molar-refractivity contribution in [2.75, 3.05) is 32.7 Å². The normalized spacial score (nSPS) is 24.2. The monoisotopic (exact) mass is 570 g/mol. The highest BCUT2D eigenvalue weighted by molar-refractivity contribution is 7.90. The molecule has 8 nitrogen and oxygen atoms in total. The Labute approximate surface area is 225 Å². The van der Waals surface area contributed by atoms with E-state index >= 15 is 0 Å². The Kier molecular flexibility index (Phi) is 7.77. The number of amides is 2. The zero-order valence-corrected chi connectivity index (χ0v) is 23.4. The lowest BCUT2D eigenvalue weighted by Gasteiger charge is -2.33. The summed E-state index contributed by atoms with van der Waals surface area (Å²) in [4.78, 5) is 34.1. The summed E-state index contributed by atoms with van der Waals surface area (Å²) < 4.78 is 29.7. The predicted octanol–water partition coefficient (Wildman–Crippen LogP) is 3.48. The van der Waals surface area contributed by atoms with Crippen molar-refractivity contribution in [1.29, 1.82) is 0 Å². The van der Waals surface area contributed by atoms with Crippen LogP contribution in [-0.2, 0) is 19.6 Å². The first kappa shape index (κ1) is 26.1. The van der Waals surface area contributed by atoms with Crippen molar-refractivity contribution in [2.45, 2.75) is 62.0 Å². The number of hydrogen-bond donors (Lipinski definition) is 1. The Morgan fingerprint density at radius 1 is 1.14 bits per heavy atom. The van der Waals surface area contributed by atoms with Crippen molar-refractivity contribution in [3.8, 4) is 9.75 Å². The van der Waals surface area contributed by atoms with Gasteiger partial charge in [-0.05, 0) is 75.7 Å². The molecular weight excluding hydrogens is 540 g/mol. The number of hydrogen-bond acceptors (Lipinski definition) is 7. The SMILES string of the molecule is CC(C(=O)N1CCC[C@H]1CN1CCCC1)N1CC[C@H](NS(=O)(=O)c2ccsc2-c2ccc(Cl)s2)C1=O. The van der Waals surface area contributed by atoms with Crippen LogP contribution in [0.5, 0.6) is 0 Å².